The molecule has 4 rings (SSSR count). The van der Waals surface area contributed by atoms with E-state index in [0.717, 1.165) is 11.3 Å². The highest BCUT2D eigenvalue weighted by atomic mass is 32.2. The minimum Gasteiger partial charge on any atom is -0.321 e. The van der Waals surface area contributed by atoms with Crippen LogP contribution in [0.25, 0.3) is 5.69 Å². The zero-order chi connectivity index (χ0) is 20.6. The lowest BCUT2D eigenvalue weighted by Gasteiger charge is -2.27. The average molecular weight is 417 g/mol. The zero-order valence-corrected chi connectivity index (χ0v) is 16.5. The van der Waals surface area contributed by atoms with Crippen molar-refractivity contribution in [2.24, 2.45) is 5.10 Å². The number of benzene rings is 1. The van der Waals surface area contributed by atoms with Crippen LogP contribution in [0.5, 0.6) is 0 Å². The second-order valence-electron chi connectivity index (χ2n) is 7.05. The van der Waals surface area contributed by atoms with Crippen LogP contribution in [0.2, 0.25) is 0 Å². The molecule has 3 heterocycles. The normalized spacial score (nSPS) is 21.1. The number of hydrogen-bond acceptors (Lipinski definition) is 8. The second kappa shape index (κ2) is 7.35. The summed E-state index contributed by atoms with van der Waals surface area (Å²) in [4.78, 5) is 24.8. The zero-order valence-electron chi connectivity index (χ0n) is 15.6. The first-order chi connectivity index (χ1) is 13.8. The van der Waals surface area contributed by atoms with E-state index in [2.05, 4.69) is 25.9 Å². The molecule has 1 fully saturated rings. The summed E-state index contributed by atoms with van der Waals surface area (Å²) >= 11 is 0. The highest BCUT2D eigenvalue weighted by Gasteiger charge is 2.37. The SMILES string of the molecule is Cc1cc(NC(=O)C2=NN(C3CCS(=O)(=O)C3)C(=O)CC2)ccc1-n1cnnn1. The molecule has 0 saturated carbocycles. The summed E-state index contributed by atoms with van der Waals surface area (Å²) in [6.45, 7) is 1.87. The molecule has 2 amide bonds. The van der Waals surface area contributed by atoms with Crippen molar-refractivity contribution in [1.29, 1.82) is 0 Å². The van der Waals surface area contributed by atoms with Crippen molar-refractivity contribution in [3.63, 3.8) is 0 Å². The summed E-state index contributed by atoms with van der Waals surface area (Å²) in [7, 11) is -3.16. The van der Waals surface area contributed by atoms with Crippen molar-refractivity contribution in [3.05, 3.63) is 30.1 Å². The van der Waals surface area contributed by atoms with Gasteiger partial charge in [0.1, 0.15) is 12.0 Å². The Morgan fingerprint density at radius 3 is 2.76 bits per heavy atom. The minimum absolute atomic E-state index is 0.0331. The highest BCUT2D eigenvalue weighted by Crippen LogP contribution is 2.23. The van der Waals surface area contributed by atoms with E-state index in [1.165, 1.54) is 16.0 Å². The van der Waals surface area contributed by atoms with Gasteiger partial charge in [0, 0.05) is 18.5 Å². The van der Waals surface area contributed by atoms with E-state index < -0.39 is 21.8 Å². The third kappa shape index (κ3) is 4.01. The Balaban J connectivity index is 1.50. The molecule has 152 valence electrons. The van der Waals surface area contributed by atoms with Crippen LogP contribution >= 0.6 is 0 Å². The Morgan fingerprint density at radius 2 is 2.10 bits per heavy atom. The van der Waals surface area contributed by atoms with Crippen molar-refractivity contribution in [3.8, 4) is 5.69 Å². The van der Waals surface area contributed by atoms with Crippen molar-refractivity contribution >= 4 is 33.1 Å². The lowest BCUT2D eigenvalue weighted by Crippen LogP contribution is -2.42. The molecule has 11 nitrogen and oxygen atoms in total. The first kappa shape index (κ1) is 19.2. The predicted molar refractivity (Wildman–Crippen MR) is 103 cm³/mol. The van der Waals surface area contributed by atoms with Gasteiger partial charge in [-0.05, 0) is 47.5 Å². The standard InChI is InChI=1S/C17H19N7O4S/c1-11-8-12(2-4-15(11)23-10-18-21-22-23)19-17(26)14-3-5-16(25)24(20-14)13-6-7-29(27,28)9-13/h2,4,8,10,13H,3,5-7,9H2,1H3,(H,19,26). The van der Waals surface area contributed by atoms with E-state index in [1.54, 1.807) is 18.2 Å². The Labute approximate surface area is 166 Å². The summed E-state index contributed by atoms with van der Waals surface area (Å²) in [6.07, 6.45) is 2.15. The summed E-state index contributed by atoms with van der Waals surface area (Å²) in [6, 6.07) is 4.78. The topological polar surface area (TPSA) is 140 Å². The molecule has 0 radical (unpaired) electrons. The highest BCUT2D eigenvalue weighted by molar-refractivity contribution is 7.91. The van der Waals surface area contributed by atoms with Crippen molar-refractivity contribution < 1.29 is 18.0 Å². The van der Waals surface area contributed by atoms with E-state index in [4.69, 9.17) is 0 Å². The molecule has 12 heteroatoms. The molecular weight excluding hydrogens is 398 g/mol. The second-order valence-corrected chi connectivity index (χ2v) is 9.28. The fourth-order valence-electron chi connectivity index (χ4n) is 3.45. The van der Waals surface area contributed by atoms with Gasteiger partial charge in [0.25, 0.3) is 5.91 Å². The van der Waals surface area contributed by atoms with Gasteiger partial charge >= 0.3 is 0 Å². The van der Waals surface area contributed by atoms with Crippen LogP contribution in [-0.2, 0) is 19.4 Å². The molecular formula is C17H19N7O4S. The van der Waals surface area contributed by atoms with Gasteiger partial charge < -0.3 is 5.32 Å². The summed E-state index contributed by atoms with van der Waals surface area (Å²) in [5.74, 6) is -0.761. The molecule has 29 heavy (non-hydrogen) atoms. The van der Waals surface area contributed by atoms with Crippen LogP contribution in [-0.4, -0.2) is 68.7 Å². The number of hydrazone groups is 1. The van der Waals surface area contributed by atoms with Crippen LogP contribution in [0.3, 0.4) is 0 Å². The number of carbonyl (C=O) groups excluding carboxylic acids is 2. The van der Waals surface area contributed by atoms with Gasteiger partial charge in [-0.2, -0.15) is 5.10 Å². The number of carbonyl (C=O) groups is 2. The third-order valence-electron chi connectivity index (χ3n) is 4.93. The quantitative estimate of drug-likeness (QED) is 0.743. The van der Waals surface area contributed by atoms with E-state index in [-0.39, 0.29) is 36.0 Å². The van der Waals surface area contributed by atoms with Gasteiger partial charge in [-0.3, -0.25) is 9.59 Å². The molecule has 1 aromatic heterocycles. The smallest absolute Gasteiger partial charge is 0.271 e. The number of rotatable bonds is 4. The number of nitrogens with zero attached hydrogens (tertiary/aromatic N) is 6. The molecule has 2 aromatic rings. The molecule has 1 atom stereocenters. The van der Waals surface area contributed by atoms with Gasteiger partial charge in [0.15, 0.2) is 9.84 Å². The van der Waals surface area contributed by atoms with Crippen LogP contribution in [0.15, 0.2) is 29.6 Å². The molecule has 1 aromatic carbocycles. The number of aromatic nitrogens is 4. The maximum absolute atomic E-state index is 12.7. The van der Waals surface area contributed by atoms with Crippen molar-refractivity contribution in [1.82, 2.24) is 25.2 Å². The maximum Gasteiger partial charge on any atom is 0.271 e. The van der Waals surface area contributed by atoms with E-state index >= 15 is 0 Å². The fraction of sp³-hybridized carbons (Fsp3) is 0.412. The Bertz CT molecular complexity index is 1090. The molecule has 2 aliphatic heterocycles. The van der Waals surface area contributed by atoms with E-state index in [9.17, 15) is 18.0 Å². The number of anilines is 1. The van der Waals surface area contributed by atoms with Gasteiger partial charge in [-0.1, -0.05) is 0 Å². The molecule has 1 saturated heterocycles. The number of amides is 2. The van der Waals surface area contributed by atoms with Crippen LogP contribution in [0.1, 0.15) is 24.8 Å². The van der Waals surface area contributed by atoms with Crippen LogP contribution in [0.4, 0.5) is 5.69 Å². The maximum atomic E-state index is 12.7. The van der Waals surface area contributed by atoms with Gasteiger partial charge in [-0.15, -0.1) is 5.10 Å². The van der Waals surface area contributed by atoms with Crippen molar-refractivity contribution in [2.75, 3.05) is 16.8 Å². The molecule has 0 aliphatic carbocycles. The summed E-state index contributed by atoms with van der Waals surface area (Å²) < 4.78 is 24.9. The fourth-order valence-corrected chi connectivity index (χ4v) is 5.15. The summed E-state index contributed by atoms with van der Waals surface area (Å²) in [5, 5.41) is 19.2. The van der Waals surface area contributed by atoms with Gasteiger partial charge in [0.2, 0.25) is 5.91 Å². The number of nitrogens with one attached hydrogen (secondary N) is 1. The molecule has 1 unspecified atom stereocenters. The largest absolute Gasteiger partial charge is 0.321 e. The van der Waals surface area contributed by atoms with Gasteiger partial charge in [-0.25, -0.2) is 18.1 Å². The number of sulfone groups is 1. The van der Waals surface area contributed by atoms with E-state index in [1.807, 2.05) is 6.92 Å². The Morgan fingerprint density at radius 1 is 1.28 bits per heavy atom. The number of aryl methyl sites for hydroxylation is 1. The Kier molecular flexibility index (Phi) is 4.86. The first-order valence-corrected chi connectivity index (χ1v) is 10.9. The van der Waals surface area contributed by atoms with Crippen LogP contribution < -0.4 is 5.32 Å². The molecule has 2 aliphatic rings. The number of tetrazole rings is 1. The lowest BCUT2D eigenvalue weighted by atomic mass is 10.1. The van der Waals surface area contributed by atoms with E-state index in [0.29, 0.717) is 12.1 Å². The number of hydrogen-bond donors (Lipinski definition) is 1. The molecule has 0 spiro atoms. The monoisotopic (exact) mass is 417 g/mol. The first-order valence-electron chi connectivity index (χ1n) is 9.08. The minimum atomic E-state index is -3.16. The van der Waals surface area contributed by atoms with Crippen molar-refractivity contribution in [2.45, 2.75) is 32.2 Å². The third-order valence-corrected chi connectivity index (χ3v) is 6.68. The molecule has 1 N–H and O–H groups in total. The average Bonchev–Trinajstić information content (AvgIpc) is 3.32. The van der Waals surface area contributed by atoms with Gasteiger partial charge in [0.05, 0.1) is 23.2 Å². The predicted octanol–water partition coefficient (Wildman–Crippen LogP) is 0.0747. The van der Waals surface area contributed by atoms with Crippen LogP contribution in [0, 0.1) is 6.92 Å². The molecule has 0 bridgehead atoms. The summed E-state index contributed by atoms with van der Waals surface area (Å²) in [5.41, 5.74) is 2.41. The lowest BCUT2D eigenvalue weighted by molar-refractivity contribution is -0.133. The Hall–Kier alpha value is -3.15.